The van der Waals surface area contributed by atoms with Crippen LogP contribution in [0.1, 0.15) is 22.4 Å². The number of nitrogens with zero attached hydrogens (tertiary/aromatic N) is 2. The Morgan fingerprint density at radius 2 is 1.95 bits per heavy atom. The van der Waals surface area contributed by atoms with Crippen molar-refractivity contribution in [2.45, 2.75) is 31.7 Å². The average molecular weight is 328 g/mol. The lowest BCUT2D eigenvalue weighted by atomic mass is 10.1. The monoisotopic (exact) mass is 327 g/mol. The number of nitrogens with one attached hydrogen (secondary N) is 1. The molecule has 21 heavy (non-hydrogen) atoms. The van der Waals surface area contributed by atoms with E-state index in [2.05, 4.69) is 10.2 Å². The number of hydrogen-bond acceptors (Lipinski definition) is 3. The average Bonchev–Trinajstić information content (AvgIpc) is 2.79. The molecule has 0 fully saturated rings. The van der Waals surface area contributed by atoms with Gasteiger partial charge < -0.3 is 0 Å². The summed E-state index contributed by atoms with van der Waals surface area (Å²) in [6.45, 7) is 5.60. The van der Waals surface area contributed by atoms with Crippen molar-refractivity contribution in [2.75, 3.05) is 11.4 Å². The Labute approximate surface area is 130 Å². The number of alkyl halides is 1. The zero-order valence-corrected chi connectivity index (χ0v) is 14.0. The van der Waals surface area contributed by atoms with E-state index < -0.39 is 10.0 Å². The van der Waals surface area contributed by atoms with Crippen molar-refractivity contribution in [1.29, 1.82) is 0 Å². The minimum absolute atomic E-state index is 0.0162. The molecule has 2 aromatic rings. The van der Waals surface area contributed by atoms with Crippen LogP contribution in [-0.4, -0.2) is 25.7 Å². The number of anilines is 1. The molecule has 7 heteroatoms. The first-order valence-corrected chi connectivity index (χ1v) is 8.42. The molecular weight excluding hydrogens is 310 g/mol. The van der Waals surface area contributed by atoms with E-state index in [1.165, 1.54) is 11.4 Å². The molecule has 1 aromatic carbocycles. The van der Waals surface area contributed by atoms with Crippen molar-refractivity contribution in [1.82, 2.24) is 10.2 Å². The van der Waals surface area contributed by atoms with Gasteiger partial charge in [0, 0.05) is 18.3 Å². The Hall–Kier alpha value is -1.53. The first kappa shape index (κ1) is 15.9. The third-order valence-electron chi connectivity index (χ3n) is 3.47. The fourth-order valence-electron chi connectivity index (χ4n) is 2.22. The molecule has 5 nitrogen and oxygen atoms in total. The van der Waals surface area contributed by atoms with Gasteiger partial charge >= 0.3 is 0 Å². The number of rotatable bonds is 4. The zero-order chi connectivity index (χ0) is 15.8. The number of aromatic amines is 1. The summed E-state index contributed by atoms with van der Waals surface area (Å²) in [7, 11) is -2.22. The number of hydrogen-bond donors (Lipinski definition) is 1. The molecule has 2 rings (SSSR count). The van der Waals surface area contributed by atoms with Gasteiger partial charge in [-0.1, -0.05) is 17.7 Å². The highest BCUT2D eigenvalue weighted by atomic mass is 35.5. The Bertz CT molecular complexity index is 769. The van der Waals surface area contributed by atoms with Gasteiger partial charge in [0.1, 0.15) is 0 Å². The summed E-state index contributed by atoms with van der Waals surface area (Å²) in [4.78, 5) is 0. The normalized spacial score (nSPS) is 11.7. The topological polar surface area (TPSA) is 66.1 Å². The van der Waals surface area contributed by atoms with Gasteiger partial charge in [-0.15, -0.1) is 11.6 Å². The molecule has 0 spiro atoms. The Morgan fingerprint density at radius 3 is 2.52 bits per heavy atom. The minimum atomic E-state index is -3.74. The maximum atomic E-state index is 12.7. The molecule has 0 saturated carbocycles. The highest BCUT2D eigenvalue weighted by Gasteiger charge is 2.28. The lowest BCUT2D eigenvalue weighted by Gasteiger charge is -2.21. The molecule has 0 amide bonds. The second kappa shape index (κ2) is 5.69. The third-order valence-corrected chi connectivity index (χ3v) is 5.48. The third kappa shape index (κ3) is 2.78. The van der Waals surface area contributed by atoms with Gasteiger partial charge in [0.15, 0.2) is 0 Å². The molecule has 0 aliphatic heterocycles. The summed E-state index contributed by atoms with van der Waals surface area (Å²) in [6.07, 6.45) is 0. The number of benzene rings is 1. The molecule has 0 radical (unpaired) electrons. The quantitative estimate of drug-likeness (QED) is 0.878. The van der Waals surface area contributed by atoms with E-state index in [0.717, 1.165) is 11.1 Å². The lowest BCUT2D eigenvalue weighted by Crippen LogP contribution is -2.28. The van der Waals surface area contributed by atoms with Gasteiger partial charge in [0.25, 0.3) is 10.0 Å². The lowest BCUT2D eigenvalue weighted by molar-refractivity contribution is 0.589. The highest BCUT2D eigenvalue weighted by molar-refractivity contribution is 7.92. The van der Waals surface area contributed by atoms with Crippen LogP contribution in [0.4, 0.5) is 5.69 Å². The van der Waals surface area contributed by atoms with E-state index in [9.17, 15) is 8.42 Å². The Kier molecular flexibility index (Phi) is 4.30. The highest BCUT2D eigenvalue weighted by Crippen LogP contribution is 2.28. The Morgan fingerprint density at radius 1 is 1.29 bits per heavy atom. The van der Waals surface area contributed by atoms with Gasteiger partial charge in [-0.3, -0.25) is 9.40 Å². The fraction of sp³-hybridized carbons (Fsp3) is 0.357. The van der Waals surface area contributed by atoms with E-state index in [4.69, 9.17) is 11.6 Å². The van der Waals surface area contributed by atoms with Crippen molar-refractivity contribution in [2.24, 2.45) is 0 Å². The number of aromatic nitrogens is 2. The Balaban J connectivity index is 2.52. The van der Waals surface area contributed by atoms with E-state index in [1.54, 1.807) is 13.0 Å². The van der Waals surface area contributed by atoms with Crippen molar-refractivity contribution in [3.63, 3.8) is 0 Å². The van der Waals surface area contributed by atoms with Crippen molar-refractivity contribution in [3.05, 3.63) is 40.6 Å². The number of aryl methyl sites for hydroxylation is 3. The summed E-state index contributed by atoms with van der Waals surface area (Å²) in [5.41, 5.74) is 3.77. The molecule has 0 aliphatic carbocycles. The maximum Gasteiger partial charge on any atom is 0.283 e. The molecule has 0 atom stereocenters. The van der Waals surface area contributed by atoms with Gasteiger partial charge in [0.05, 0.1) is 11.6 Å². The molecule has 0 bridgehead atoms. The summed E-state index contributed by atoms with van der Waals surface area (Å²) >= 11 is 5.84. The van der Waals surface area contributed by atoms with Crippen LogP contribution in [0.3, 0.4) is 0 Å². The second-order valence-electron chi connectivity index (χ2n) is 5.03. The number of halogens is 1. The van der Waals surface area contributed by atoms with Crippen LogP contribution < -0.4 is 4.31 Å². The molecule has 0 saturated heterocycles. The smallest absolute Gasteiger partial charge is 0.281 e. The van der Waals surface area contributed by atoms with Crippen LogP contribution in [-0.2, 0) is 15.9 Å². The molecule has 114 valence electrons. The first-order valence-electron chi connectivity index (χ1n) is 6.45. The van der Waals surface area contributed by atoms with Crippen molar-refractivity contribution in [3.8, 4) is 0 Å². The second-order valence-corrected chi connectivity index (χ2v) is 7.18. The molecule has 1 heterocycles. The molecule has 0 unspecified atom stereocenters. The van der Waals surface area contributed by atoms with E-state index >= 15 is 0 Å². The van der Waals surface area contributed by atoms with Crippen LogP contribution in [0.15, 0.2) is 23.2 Å². The van der Waals surface area contributed by atoms with Crippen LogP contribution in [0, 0.1) is 20.8 Å². The fourth-order valence-corrected chi connectivity index (χ4v) is 4.05. The van der Waals surface area contributed by atoms with Gasteiger partial charge in [-0.05, 0) is 32.4 Å². The molecule has 0 aliphatic rings. The van der Waals surface area contributed by atoms with Crippen LogP contribution in [0.2, 0.25) is 0 Å². The predicted molar refractivity (Wildman–Crippen MR) is 84.4 cm³/mol. The van der Waals surface area contributed by atoms with Crippen molar-refractivity contribution >= 4 is 27.3 Å². The summed E-state index contributed by atoms with van der Waals surface area (Å²) in [5.74, 6) is 0.0949. The summed E-state index contributed by atoms with van der Waals surface area (Å²) < 4.78 is 26.7. The number of sulfonamides is 1. The molecular formula is C14H18ClN3O2S. The zero-order valence-electron chi connectivity index (χ0n) is 12.4. The molecule has 1 N–H and O–H groups in total. The summed E-state index contributed by atoms with van der Waals surface area (Å²) in [5, 5.41) is 6.58. The van der Waals surface area contributed by atoms with E-state index in [0.29, 0.717) is 16.9 Å². The van der Waals surface area contributed by atoms with E-state index in [-0.39, 0.29) is 10.9 Å². The SMILES string of the molecule is Cc1ccc(N(C)S(=O)(=O)c2n[nH]c(C)c2CCl)c(C)c1. The first-order chi connectivity index (χ1) is 9.78. The van der Waals surface area contributed by atoms with Crippen LogP contribution in [0.25, 0.3) is 0 Å². The standard InChI is InChI=1S/C14H18ClN3O2S/c1-9-5-6-13(10(2)7-9)18(4)21(19,20)14-12(8-15)11(3)16-17-14/h5-7H,8H2,1-4H3,(H,16,17). The summed E-state index contributed by atoms with van der Waals surface area (Å²) in [6, 6.07) is 5.62. The van der Waals surface area contributed by atoms with Gasteiger partial charge in [-0.25, -0.2) is 0 Å². The maximum absolute atomic E-state index is 12.7. The van der Waals surface area contributed by atoms with Gasteiger partial charge in [-0.2, -0.15) is 13.5 Å². The number of H-pyrrole nitrogens is 1. The largest absolute Gasteiger partial charge is 0.283 e. The predicted octanol–water partition coefficient (Wildman–Crippen LogP) is 2.90. The van der Waals surface area contributed by atoms with Crippen LogP contribution in [0.5, 0.6) is 0 Å². The molecule has 1 aromatic heterocycles. The van der Waals surface area contributed by atoms with Gasteiger partial charge in [0.2, 0.25) is 5.03 Å². The minimum Gasteiger partial charge on any atom is -0.281 e. The van der Waals surface area contributed by atoms with Crippen molar-refractivity contribution < 1.29 is 8.42 Å². The van der Waals surface area contributed by atoms with Crippen LogP contribution >= 0.6 is 11.6 Å². The van der Waals surface area contributed by atoms with E-state index in [1.807, 2.05) is 26.0 Å².